The number of halogens is 1. The van der Waals surface area contributed by atoms with Crippen LogP contribution in [0.3, 0.4) is 0 Å². The Morgan fingerprint density at radius 1 is 1.47 bits per heavy atom. The SMILES string of the molecule is Cc1ccc(S(=O)(=O)N[C@@H](C)CN)cc1[N+](=O)[O-].Cl. The second kappa shape index (κ2) is 6.80. The number of hydrogen-bond acceptors (Lipinski definition) is 5. The van der Waals surface area contributed by atoms with E-state index in [0.29, 0.717) is 5.56 Å². The summed E-state index contributed by atoms with van der Waals surface area (Å²) in [6, 6.07) is 3.34. The first-order chi connectivity index (χ1) is 8.27. The third-order valence-electron chi connectivity index (χ3n) is 2.40. The van der Waals surface area contributed by atoms with Crippen LogP contribution in [-0.2, 0) is 10.0 Å². The van der Waals surface area contributed by atoms with E-state index in [1.165, 1.54) is 12.1 Å². The quantitative estimate of drug-likeness (QED) is 0.620. The topological polar surface area (TPSA) is 115 Å². The number of nitrogens with one attached hydrogen (secondary N) is 1. The molecule has 0 aromatic heterocycles. The molecule has 1 aromatic carbocycles. The van der Waals surface area contributed by atoms with Crippen LogP contribution >= 0.6 is 12.4 Å². The van der Waals surface area contributed by atoms with Gasteiger partial charge in [-0.05, 0) is 19.9 Å². The molecule has 19 heavy (non-hydrogen) atoms. The molecule has 0 spiro atoms. The first kappa shape index (κ1) is 17.8. The minimum Gasteiger partial charge on any atom is -0.329 e. The zero-order chi connectivity index (χ0) is 13.9. The van der Waals surface area contributed by atoms with Gasteiger partial charge in [-0.1, -0.05) is 6.07 Å². The summed E-state index contributed by atoms with van der Waals surface area (Å²) in [6.45, 7) is 3.30. The molecule has 0 unspecified atom stereocenters. The van der Waals surface area contributed by atoms with Gasteiger partial charge in [0.25, 0.3) is 5.69 Å². The summed E-state index contributed by atoms with van der Waals surface area (Å²) in [5.74, 6) is 0. The van der Waals surface area contributed by atoms with Gasteiger partial charge in [-0.15, -0.1) is 12.4 Å². The van der Waals surface area contributed by atoms with Crippen molar-refractivity contribution in [1.29, 1.82) is 0 Å². The largest absolute Gasteiger partial charge is 0.329 e. The van der Waals surface area contributed by atoms with Crippen LogP contribution in [0.25, 0.3) is 0 Å². The number of nitrogens with zero attached hydrogens (tertiary/aromatic N) is 1. The highest BCUT2D eigenvalue weighted by atomic mass is 35.5. The standard InChI is InChI=1S/C10H15N3O4S.ClH/c1-7-3-4-9(5-10(7)13(14)15)18(16,17)12-8(2)6-11;/h3-5,8,12H,6,11H2,1-2H3;1H/t8-;/m0./s1. The molecule has 0 fully saturated rings. The van der Waals surface area contributed by atoms with E-state index in [4.69, 9.17) is 5.73 Å². The average Bonchev–Trinajstić information content (AvgIpc) is 2.28. The molecular formula is C10H16ClN3O4S. The Morgan fingerprint density at radius 3 is 2.53 bits per heavy atom. The fourth-order valence-electron chi connectivity index (χ4n) is 1.33. The molecule has 0 aliphatic carbocycles. The summed E-state index contributed by atoms with van der Waals surface area (Å²) in [4.78, 5) is 10.0. The van der Waals surface area contributed by atoms with Crippen LogP contribution in [0.2, 0.25) is 0 Å². The van der Waals surface area contributed by atoms with Crippen LogP contribution in [0.5, 0.6) is 0 Å². The zero-order valence-electron chi connectivity index (χ0n) is 10.5. The van der Waals surface area contributed by atoms with Gasteiger partial charge in [0.15, 0.2) is 0 Å². The Hall–Kier alpha value is -1.22. The lowest BCUT2D eigenvalue weighted by Crippen LogP contribution is -2.37. The number of sulfonamides is 1. The molecule has 0 heterocycles. The molecule has 0 aliphatic rings. The molecule has 0 radical (unpaired) electrons. The minimum atomic E-state index is -3.78. The first-order valence-corrected chi connectivity index (χ1v) is 6.73. The number of nitro benzene ring substituents is 1. The van der Waals surface area contributed by atoms with Crippen molar-refractivity contribution >= 4 is 28.1 Å². The van der Waals surface area contributed by atoms with Gasteiger partial charge in [0, 0.05) is 24.2 Å². The number of nitro groups is 1. The van der Waals surface area contributed by atoms with Crippen LogP contribution in [0.4, 0.5) is 5.69 Å². The van der Waals surface area contributed by atoms with Crippen LogP contribution < -0.4 is 10.5 Å². The van der Waals surface area contributed by atoms with Gasteiger partial charge in [-0.3, -0.25) is 10.1 Å². The van der Waals surface area contributed by atoms with Gasteiger partial charge in [-0.2, -0.15) is 0 Å². The first-order valence-electron chi connectivity index (χ1n) is 5.25. The van der Waals surface area contributed by atoms with E-state index >= 15 is 0 Å². The number of nitrogens with two attached hydrogens (primary N) is 1. The molecule has 108 valence electrons. The maximum absolute atomic E-state index is 11.9. The highest BCUT2D eigenvalue weighted by Crippen LogP contribution is 2.22. The van der Waals surface area contributed by atoms with Gasteiger partial charge in [0.05, 0.1) is 9.82 Å². The zero-order valence-corrected chi connectivity index (χ0v) is 12.1. The molecule has 3 N–H and O–H groups in total. The van der Waals surface area contributed by atoms with Crippen molar-refractivity contribution in [1.82, 2.24) is 4.72 Å². The molecule has 0 saturated carbocycles. The minimum absolute atomic E-state index is 0. The van der Waals surface area contributed by atoms with Gasteiger partial charge in [-0.25, -0.2) is 13.1 Å². The lowest BCUT2D eigenvalue weighted by Gasteiger charge is -2.12. The smallest absolute Gasteiger partial charge is 0.273 e. The summed E-state index contributed by atoms with van der Waals surface area (Å²) in [5, 5.41) is 10.7. The van der Waals surface area contributed by atoms with E-state index in [0.717, 1.165) is 6.07 Å². The van der Waals surface area contributed by atoms with Gasteiger partial charge >= 0.3 is 0 Å². The Morgan fingerprint density at radius 2 is 2.05 bits per heavy atom. The van der Waals surface area contributed by atoms with E-state index in [9.17, 15) is 18.5 Å². The van der Waals surface area contributed by atoms with Crippen molar-refractivity contribution in [2.45, 2.75) is 24.8 Å². The molecule has 0 saturated heterocycles. The molecule has 1 aromatic rings. The summed E-state index contributed by atoms with van der Waals surface area (Å²) in [6.07, 6.45) is 0. The van der Waals surface area contributed by atoms with Crippen molar-refractivity contribution in [3.05, 3.63) is 33.9 Å². The van der Waals surface area contributed by atoms with E-state index in [-0.39, 0.29) is 29.5 Å². The summed E-state index contributed by atoms with van der Waals surface area (Å²) in [5.41, 5.74) is 5.51. The van der Waals surface area contributed by atoms with E-state index in [1.807, 2.05) is 0 Å². The van der Waals surface area contributed by atoms with Crippen LogP contribution in [0.1, 0.15) is 12.5 Å². The summed E-state index contributed by atoms with van der Waals surface area (Å²) < 4.78 is 26.1. The monoisotopic (exact) mass is 309 g/mol. The molecule has 9 heteroatoms. The predicted molar refractivity (Wildman–Crippen MR) is 73.9 cm³/mol. The van der Waals surface area contributed by atoms with Gasteiger partial charge in [0.2, 0.25) is 10.0 Å². The van der Waals surface area contributed by atoms with Crippen molar-refractivity contribution in [2.24, 2.45) is 5.73 Å². The lowest BCUT2D eigenvalue weighted by molar-refractivity contribution is -0.385. The fraction of sp³-hybridized carbons (Fsp3) is 0.400. The summed E-state index contributed by atoms with van der Waals surface area (Å²) >= 11 is 0. The van der Waals surface area contributed by atoms with Gasteiger partial charge < -0.3 is 5.73 Å². The Bertz CT molecular complexity index is 562. The average molecular weight is 310 g/mol. The van der Waals surface area contributed by atoms with Crippen LogP contribution in [0.15, 0.2) is 23.1 Å². The van der Waals surface area contributed by atoms with E-state index in [2.05, 4.69) is 4.72 Å². The van der Waals surface area contributed by atoms with Crippen molar-refractivity contribution in [3.8, 4) is 0 Å². The second-order valence-corrected chi connectivity index (χ2v) is 5.68. The third-order valence-corrected chi connectivity index (χ3v) is 3.98. The highest BCUT2D eigenvalue weighted by Gasteiger charge is 2.20. The van der Waals surface area contributed by atoms with Crippen LogP contribution in [0, 0.1) is 17.0 Å². The van der Waals surface area contributed by atoms with Crippen molar-refractivity contribution in [3.63, 3.8) is 0 Å². The number of rotatable bonds is 5. The molecule has 1 rings (SSSR count). The maximum atomic E-state index is 11.9. The molecular weight excluding hydrogens is 294 g/mol. The normalized spacial score (nSPS) is 12.6. The van der Waals surface area contributed by atoms with Crippen molar-refractivity contribution < 1.29 is 13.3 Å². The highest BCUT2D eigenvalue weighted by molar-refractivity contribution is 7.89. The number of benzene rings is 1. The third kappa shape index (κ3) is 4.43. The Kier molecular flexibility index (Phi) is 6.37. The fourth-order valence-corrected chi connectivity index (χ4v) is 2.61. The van der Waals surface area contributed by atoms with Crippen LogP contribution in [-0.4, -0.2) is 25.9 Å². The Labute approximate surface area is 117 Å². The van der Waals surface area contributed by atoms with Gasteiger partial charge in [0.1, 0.15) is 0 Å². The molecule has 0 amide bonds. The molecule has 0 bridgehead atoms. The van der Waals surface area contributed by atoms with E-state index in [1.54, 1.807) is 13.8 Å². The predicted octanol–water partition coefficient (Wildman–Crippen LogP) is 0.951. The number of aryl methyl sites for hydroxylation is 1. The second-order valence-electron chi connectivity index (χ2n) is 3.96. The maximum Gasteiger partial charge on any atom is 0.273 e. The molecule has 0 aliphatic heterocycles. The number of hydrogen-bond donors (Lipinski definition) is 2. The van der Waals surface area contributed by atoms with E-state index < -0.39 is 21.0 Å². The summed E-state index contributed by atoms with van der Waals surface area (Å²) in [7, 11) is -3.78. The van der Waals surface area contributed by atoms with Crippen molar-refractivity contribution in [2.75, 3.05) is 6.54 Å². The Balaban J connectivity index is 0.00000324. The molecule has 1 atom stereocenters. The molecule has 7 nitrogen and oxygen atoms in total. The lowest BCUT2D eigenvalue weighted by atomic mass is 10.2.